The molecular weight excluding hydrogens is 404 g/mol. The first-order chi connectivity index (χ1) is 14.9. The monoisotopic (exact) mass is 436 g/mol. The molecule has 0 atom stereocenters. The van der Waals surface area contributed by atoms with Gasteiger partial charge in [-0.3, -0.25) is 0 Å². The van der Waals surface area contributed by atoms with E-state index in [2.05, 4.69) is 52.0 Å². The Morgan fingerprint density at radius 1 is 0.594 bits per heavy atom. The summed E-state index contributed by atoms with van der Waals surface area (Å²) in [6.45, 7) is 8.40. The lowest BCUT2D eigenvalue weighted by Gasteiger charge is -2.30. The number of anilines is 2. The number of ether oxygens (including phenoxy) is 2. The molecular formula is C26H32N2O4. The Balaban J connectivity index is 2.00. The lowest BCUT2D eigenvalue weighted by atomic mass is 9.74. The van der Waals surface area contributed by atoms with Crippen LogP contribution in [0.3, 0.4) is 0 Å². The molecule has 0 aliphatic carbocycles. The molecule has 3 rings (SSSR count). The van der Waals surface area contributed by atoms with Crippen molar-refractivity contribution in [2.75, 3.05) is 25.7 Å². The third-order valence-corrected chi connectivity index (χ3v) is 6.42. The summed E-state index contributed by atoms with van der Waals surface area (Å²) >= 11 is 0. The maximum atomic E-state index is 10.1. The Morgan fingerprint density at radius 2 is 0.906 bits per heavy atom. The van der Waals surface area contributed by atoms with Crippen molar-refractivity contribution in [3.05, 3.63) is 70.8 Å². The van der Waals surface area contributed by atoms with Gasteiger partial charge < -0.3 is 31.2 Å². The summed E-state index contributed by atoms with van der Waals surface area (Å²) in [6, 6.07) is 15.6. The van der Waals surface area contributed by atoms with Crippen LogP contribution in [-0.4, -0.2) is 24.4 Å². The van der Waals surface area contributed by atoms with Gasteiger partial charge in [0.05, 0.1) is 25.6 Å². The molecule has 0 spiro atoms. The largest absolute Gasteiger partial charge is 0.503 e. The molecule has 3 aromatic carbocycles. The molecule has 32 heavy (non-hydrogen) atoms. The van der Waals surface area contributed by atoms with Gasteiger partial charge in [-0.25, -0.2) is 0 Å². The molecule has 0 aromatic heterocycles. The first-order valence-corrected chi connectivity index (χ1v) is 10.4. The summed E-state index contributed by atoms with van der Waals surface area (Å²) in [4.78, 5) is 0. The first-order valence-electron chi connectivity index (χ1n) is 10.4. The van der Waals surface area contributed by atoms with Gasteiger partial charge in [0.1, 0.15) is 0 Å². The van der Waals surface area contributed by atoms with Crippen molar-refractivity contribution in [2.45, 2.75) is 38.5 Å². The summed E-state index contributed by atoms with van der Waals surface area (Å²) in [5.41, 5.74) is 15.9. The van der Waals surface area contributed by atoms with Crippen molar-refractivity contribution in [1.29, 1.82) is 0 Å². The number of methoxy groups -OCH3 is 2. The smallest absolute Gasteiger partial charge is 0.181 e. The second-order valence-corrected chi connectivity index (χ2v) is 9.06. The molecule has 3 aromatic rings. The van der Waals surface area contributed by atoms with Crippen LogP contribution in [0, 0.1) is 0 Å². The van der Waals surface area contributed by atoms with Gasteiger partial charge in [-0.05, 0) is 46.5 Å². The first kappa shape index (κ1) is 23.1. The number of hydrogen-bond donors (Lipinski definition) is 4. The molecule has 6 nitrogen and oxygen atoms in total. The molecule has 0 amide bonds. The van der Waals surface area contributed by atoms with Crippen molar-refractivity contribution in [3.63, 3.8) is 0 Å². The van der Waals surface area contributed by atoms with E-state index < -0.39 is 0 Å². The number of phenols is 2. The van der Waals surface area contributed by atoms with E-state index in [4.69, 9.17) is 20.9 Å². The van der Waals surface area contributed by atoms with Gasteiger partial charge in [0.15, 0.2) is 23.0 Å². The molecule has 0 fully saturated rings. The van der Waals surface area contributed by atoms with Crippen LogP contribution in [0.2, 0.25) is 0 Å². The zero-order chi connectivity index (χ0) is 23.8. The van der Waals surface area contributed by atoms with Crippen molar-refractivity contribution < 1.29 is 19.7 Å². The molecule has 170 valence electrons. The lowest BCUT2D eigenvalue weighted by molar-refractivity contribution is 0.373. The third kappa shape index (κ3) is 3.88. The summed E-state index contributed by atoms with van der Waals surface area (Å²) < 4.78 is 10.6. The molecule has 0 bridgehead atoms. The maximum absolute atomic E-state index is 10.1. The van der Waals surface area contributed by atoms with Crippen LogP contribution in [0.1, 0.15) is 49.9 Å². The average Bonchev–Trinajstić information content (AvgIpc) is 2.77. The minimum Gasteiger partial charge on any atom is -0.503 e. The predicted octanol–water partition coefficient (Wildman–Crippen LogP) is 4.93. The van der Waals surface area contributed by atoms with Gasteiger partial charge >= 0.3 is 0 Å². The fourth-order valence-electron chi connectivity index (χ4n) is 3.93. The Morgan fingerprint density at radius 3 is 1.19 bits per heavy atom. The van der Waals surface area contributed by atoms with E-state index in [-0.39, 0.29) is 33.7 Å². The van der Waals surface area contributed by atoms with E-state index in [1.54, 1.807) is 12.1 Å². The minimum absolute atomic E-state index is 0.0484. The number of rotatable bonds is 6. The molecule has 0 heterocycles. The van der Waals surface area contributed by atoms with Crippen molar-refractivity contribution in [3.8, 4) is 23.0 Å². The zero-order valence-corrected chi connectivity index (χ0v) is 19.5. The second kappa shape index (κ2) is 8.19. The highest BCUT2D eigenvalue weighted by atomic mass is 16.5. The SMILES string of the molecule is COc1cc(C(C)(C)c2ccc(C(C)(C)c3cc(N)c(O)c(OC)c3)cc2)cc(N)c1O. The van der Waals surface area contributed by atoms with Gasteiger partial charge in [0.25, 0.3) is 0 Å². The zero-order valence-electron chi connectivity index (χ0n) is 19.5. The van der Waals surface area contributed by atoms with Crippen LogP contribution < -0.4 is 20.9 Å². The Hall–Kier alpha value is -3.54. The van der Waals surface area contributed by atoms with Gasteiger partial charge in [-0.15, -0.1) is 0 Å². The Bertz CT molecular complexity index is 1050. The van der Waals surface area contributed by atoms with Crippen LogP contribution >= 0.6 is 0 Å². The van der Waals surface area contributed by atoms with Crippen LogP contribution in [0.5, 0.6) is 23.0 Å². The number of aromatic hydroxyl groups is 2. The molecule has 0 saturated heterocycles. The number of phenolic OH excluding ortho intramolecular Hbond substituents is 2. The van der Waals surface area contributed by atoms with E-state index >= 15 is 0 Å². The quantitative estimate of drug-likeness (QED) is 0.322. The summed E-state index contributed by atoms with van der Waals surface area (Å²) in [5.74, 6) is 0.606. The fraction of sp³-hybridized carbons (Fsp3) is 0.308. The predicted molar refractivity (Wildman–Crippen MR) is 129 cm³/mol. The second-order valence-electron chi connectivity index (χ2n) is 9.06. The molecule has 0 aliphatic rings. The minimum atomic E-state index is -0.371. The highest BCUT2D eigenvalue weighted by Gasteiger charge is 2.29. The van der Waals surface area contributed by atoms with Crippen molar-refractivity contribution >= 4 is 11.4 Å². The van der Waals surface area contributed by atoms with Crippen LogP contribution in [0.25, 0.3) is 0 Å². The highest BCUT2D eigenvalue weighted by molar-refractivity contribution is 5.64. The highest BCUT2D eigenvalue weighted by Crippen LogP contribution is 2.43. The Kier molecular flexibility index (Phi) is 5.92. The van der Waals surface area contributed by atoms with Gasteiger partial charge in [-0.2, -0.15) is 0 Å². The topological polar surface area (TPSA) is 111 Å². The number of benzene rings is 3. The number of nitrogen functional groups attached to an aromatic ring is 2. The van der Waals surface area contributed by atoms with E-state index in [1.807, 2.05) is 12.1 Å². The normalized spacial score (nSPS) is 11.9. The van der Waals surface area contributed by atoms with Crippen LogP contribution in [0.15, 0.2) is 48.5 Å². The molecule has 0 aliphatic heterocycles. The van der Waals surface area contributed by atoms with E-state index in [0.29, 0.717) is 11.5 Å². The maximum Gasteiger partial charge on any atom is 0.181 e. The van der Waals surface area contributed by atoms with Crippen molar-refractivity contribution in [1.82, 2.24) is 0 Å². The average molecular weight is 437 g/mol. The fourth-order valence-corrected chi connectivity index (χ4v) is 3.93. The molecule has 6 heteroatoms. The lowest BCUT2D eigenvalue weighted by Crippen LogP contribution is -2.22. The summed E-state index contributed by atoms with van der Waals surface area (Å²) in [5, 5.41) is 20.2. The van der Waals surface area contributed by atoms with Crippen LogP contribution in [0.4, 0.5) is 11.4 Å². The van der Waals surface area contributed by atoms with E-state index in [9.17, 15) is 10.2 Å². The number of nitrogens with two attached hydrogens (primary N) is 2. The standard InChI is InChI=1S/C26H32N2O4/c1-25(2,17-11-19(27)23(29)21(13-17)31-5)15-7-9-16(10-8-15)26(3,4)18-12-20(28)24(30)22(14-18)32-6/h7-14,29-30H,27-28H2,1-6H3. The van der Waals surface area contributed by atoms with Gasteiger partial charge in [0, 0.05) is 10.8 Å². The molecule has 0 saturated carbocycles. The summed E-state index contributed by atoms with van der Waals surface area (Å²) in [7, 11) is 3.01. The number of hydrogen-bond acceptors (Lipinski definition) is 6. The molecule has 0 unspecified atom stereocenters. The van der Waals surface area contributed by atoms with Gasteiger partial charge in [-0.1, -0.05) is 52.0 Å². The molecule has 0 radical (unpaired) electrons. The van der Waals surface area contributed by atoms with Gasteiger partial charge in [0.2, 0.25) is 0 Å². The summed E-state index contributed by atoms with van der Waals surface area (Å²) in [6.07, 6.45) is 0. The molecule has 6 N–H and O–H groups in total. The van der Waals surface area contributed by atoms with E-state index in [1.165, 1.54) is 14.2 Å². The third-order valence-electron chi connectivity index (χ3n) is 6.42. The van der Waals surface area contributed by atoms with Crippen LogP contribution in [-0.2, 0) is 10.8 Å². The Labute approximate surface area is 189 Å². The van der Waals surface area contributed by atoms with Crippen molar-refractivity contribution in [2.24, 2.45) is 0 Å². The van der Waals surface area contributed by atoms with E-state index in [0.717, 1.165) is 22.3 Å².